The van der Waals surface area contributed by atoms with Crippen LogP contribution in [0.4, 0.5) is 17.1 Å². The van der Waals surface area contributed by atoms with Gasteiger partial charge in [-0.05, 0) is 85.6 Å². The van der Waals surface area contributed by atoms with Crippen molar-refractivity contribution < 1.29 is 4.42 Å². The largest absolute Gasteiger partial charge is 0.456 e. The molecule has 7 aromatic carbocycles. The number of benzene rings is 7. The summed E-state index contributed by atoms with van der Waals surface area (Å²) in [7, 11) is 0. The molecular formula is C48H39BN2O. The van der Waals surface area contributed by atoms with E-state index in [4.69, 9.17) is 4.42 Å². The maximum Gasteiger partial charge on any atom is 0.333 e. The lowest BCUT2D eigenvalue weighted by atomic mass is 9.44. The summed E-state index contributed by atoms with van der Waals surface area (Å²) in [5.41, 5.74) is 15.8. The molecule has 0 amide bonds. The fourth-order valence-electron chi connectivity index (χ4n) is 9.32. The molecule has 0 radical (unpaired) electrons. The van der Waals surface area contributed by atoms with Crippen LogP contribution < -0.4 is 15.8 Å². The quantitative estimate of drug-likeness (QED) is 0.162. The van der Waals surface area contributed by atoms with E-state index in [-0.39, 0.29) is 17.7 Å². The third-order valence-corrected chi connectivity index (χ3v) is 11.8. The molecule has 9 aromatic rings. The van der Waals surface area contributed by atoms with E-state index in [9.17, 15) is 0 Å². The maximum atomic E-state index is 6.83. The molecule has 0 saturated carbocycles. The number of hydrogen-bond donors (Lipinski definition) is 0. The average molecular weight is 671 g/mol. The topological polar surface area (TPSA) is 21.3 Å². The van der Waals surface area contributed by atoms with Gasteiger partial charge in [0.2, 0.25) is 0 Å². The van der Waals surface area contributed by atoms with E-state index < -0.39 is 0 Å². The molecule has 52 heavy (non-hydrogen) atoms. The SMILES string of the molecule is CC(C)(C)c1cc(N2c3ccc4ccccc4c3B3c4c(cc5oc6ccccc6c5c42)-c2cccc4c5ccccc5n3c24)cc(C(C)(C)C)c1. The molecule has 0 bridgehead atoms. The molecule has 2 aromatic heterocycles. The van der Waals surface area contributed by atoms with Gasteiger partial charge in [0.25, 0.3) is 0 Å². The summed E-state index contributed by atoms with van der Waals surface area (Å²) in [4.78, 5) is 2.60. The Balaban J connectivity index is 1.40. The van der Waals surface area contributed by atoms with Crippen LogP contribution in [0.1, 0.15) is 52.7 Å². The van der Waals surface area contributed by atoms with Gasteiger partial charge in [0.1, 0.15) is 11.2 Å². The van der Waals surface area contributed by atoms with Gasteiger partial charge in [0.15, 0.2) is 0 Å². The van der Waals surface area contributed by atoms with Crippen LogP contribution in [0.15, 0.2) is 132 Å². The Labute approximate surface area is 304 Å². The predicted molar refractivity (Wildman–Crippen MR) is 222 cm³/mol. The van der Waals surface area contributed by atoms with E-state index >= 15 is 0 Å². The van der Waals surface area contributed by atoms with Crippen molar-refractivity contribution in [2.24, 2.45) is 0 Å². The standard InChI is InChI=1S/C48H39BN2O/c1-47(2,3)29-24-30(48(4,5)6)26-31(25-29)50-39-23-22-28-14-7-8-15-32(28)43(39)49-44-37(27-41-42(46(44)50)36-17-10-12-21-40(36)52-41)35-19-13-18-34-33-16-9-11-20-38(33)51(49)45(34)35/h7-27H,1-6H3. The molecule has 250 valence electrons. The zero-order valence-electron chi connectivity index (χ0n) is 30.5. The van der Waals surface area contributed by atoms with Crippen molar-refractivity contribution in [3.63, 3.8) is 0 Å². The second-order valence-electron chi connectivity index (χ2n) is 17.0. The van der Waals surface area contributed by atoms with Gasteiger partial charge in [-0.25, -0.2) is 0 Å². The van der Waals surface area contributed by atoms with Gasteiger partial charge in [-0.1, -0.05) is 133 Å². The molecule has 0 spiro atoms. The monoisotopic (exact) mass is 670 g/mol. The van der Waals surface area contributed by atoms with E-state index in [1.54, 1.807) is 0 Å². The summed E-state index contributed by atoms with van der Waals surface area (Å²) in [6.07, 6.45) is 0. The first kappa shape index (κ1) is 29.9. The third kappa shape index (κ3) is 3.87. The first-order valence-electron chi connectivity index (χ1n) is 18.6. The number of para-hydroxylation sites is 3. The Kier molecular flexibility index (Phi) is 5.75. The summed E-state index contributed by atoms with van der Waals surface area (Å²) in [5, 5.41) is 7.45. The zero-order chi connectivity index (χ0) is 35.3. The van der Waals surface area contributed by atoms with E-state index in [1.165, 1.54) is 88.2 Å². The van der Waals surface area contributed by atoms with Crippen LogP contribution in [-0.2, 0) is 10.8 Å². The van der Waals surface area contributed by atoms with Crippen LogP contribution in [0.3, 0.4) is 0 Å². The van der Waals surface area contributed by atoms with Crippen molar-refractivity contribution in [3.8, 4) is 11.1 Å². The number of nitrogens with zero attached hydrogens (tertiary/aromatic N) is 2. The Morgan fingerprint density at radius 3 is 1.98 bits per heavy atom. The number of furan rings is 1. The predicted octanol–water partition coefficient (Wildman–Crippen LogP) is 11.9. The Morgan fingerprint density at radius 1 is 0.538 bits per heavy atom. The molecule has 3 nitrogen and oxygen atoms in total. The second kappa shape index (κ2) is 9.98. The summed E-state index contributed by atoms with van der Waals surface area (Å²) in [6, 6.07) is 47.7. The molecule has 11 rings (SSSR count). The molecule has 0 N–H and O–H groups in total. The summed E-state index contributed by atoms with van der Waals surface area (Å²) in [5.74, 6) is 0. The Hall–Kier alpha value is -5.74. The van der Waals surface area contributed by atoms with Gasteiger partial charge in [-0.15, -0.1) is 0 Å². The fourth-order valence-corrected chi connectivity index (χ4v) is 9.32. The molecule has 0 saturated heterocycles. The lowest BCUT2D eigenvalue weighted by Crippen LogP contribution is -2.57. The van der Waals surface area contributed by atoms with Crippen molar-refractivity contribution in [1.29, 1.82) is 0 Å². The normalized spacial score (nSPS) is 13.9. The van der Waals surface area contributed by atoms with Crippen LogP contribution in [0.2, 0.25) is 0 Å². The maximum absolute atomic E-state index is 6.83. The number of anilines is 3. The van der Waals surface area contributed by atoms with Crippen LogP contribution in [0, 0.1) is 0 Å². The van der Waals surface area contributed by atoms with Crippen molar-refractivity contribution in [1.82, 2.24) is 4.48 Å². The molecule has 2 aliphatic rings. The van der Waals surface area contributed by atoms with E-state index in [1.807, 2.05) is 0 Å². The lowest BCUT2D eigenvalue weighted by Gasteiger charge is -2.42. The summed E-state index contributed by atoms with van der Waals surface area (Å²) in [6.45, 7) is 13.9. The minimum absolute atomic E-state index is 0.0388. The summed E-state index contributed by atoms with van der Waals surface area (Å²) >= 11 is 0. The minimum atomic E-state index is -0.0504. The first-order valence-corrected chi connectivity index (χ1v) is 18.6. The number of fused-ring (bicyclic) bond motifs is 13. The van der Waals surface area contributed by atoms with Crippen LogP contribution in [0.5, 0.6) is 0 Å². The molecular weight excluding hydrogens is 631 g/mol. The molecule has 4 heteroatoms. The molecule has 0 unspecified atom stereocenters. The molecule has 2 aliphatic heterocycles. The molecule has 4 heterocycles. The van der Waals surface area contributed by atoms with Gasteiger partial charge in [0, 0.05) is 44.1 Å². The highest BCUT2D eigenvalue weighted by molar-refractivity contribution is 6.92. The number of rotatable bonds is 1. The van der Waals surface area contributed by atoms with Gasteiger partial charge >= 0.3 is 6.85 Å². The van der Waals surface area contributed by atoms with Crippen molar-refractivity contribution in [2.75, 3.05) is 4.90 Å². The fraction of sp³-hybridized carbons (Fsp3) is 0.167. The van der Waals surface area contributed by atoms with Crippen LogP contribution >= 0.6 is 0 Å². The lowest BCUT2D eigenvalue weighted by molar-refractivity contribution is 0.569. The minimum Gasteiger partial charge on any atom is -0.456 e. The van der Waals surface area contributed by atoms with Crippen molar-refractivity contribution in [2.45, 2.75) is 52.4 Å². The highest BCUT2D eigenvalue weighted by Gasteiger charge is 2.45. The highest BCUT2D eigenvalue weighted by Crippen LogP contribution is 2.51. The highest BCUT2D eigenvalue weighted by atomic mass is 16.3. The van der Waals surface area contributed by atoms with Gasteiger partial charge in [-0.3, -0.25) is 0 Å². The van der Waals surface area contributed by atoms with Gasteiger partial charge < -0.3 is 13.8 Å². The van der Waals surface area contributed by atoms with E-state index in [0.29, 0.717) is 0 Å². The first-order chi connectivity index (χ1) is 25.1. The van der Waals surface area contributed by atoms with Gasteiger partial charge in [0.05, 0.1) is 11.1 Å². The van der Waals surface area contributed by atoms with Crippen molar-refractivity contribution in [3.05, 3.63) is 139 Å². The second-order valence-corrected chi connectivity index (χ2v) is 17.0. The molecule has 0 aliphatic carbocycles. The average Bonchev–Trinajstić information content (AvgIpc) is 3.68. The summed E-state index contributed by atoms with van der Waals surface area (Å²) < 4.78 is 9.49. The van der Waals surface area contributed by atoms with Crippen LogP contribution in [-0.4, -0.2) is 11.3 Å². The molecule has 0 fully saturated rings. The Morgan fingerprint density at radius 2 is 1.21 bits per heavy atom. The molecule has 0 atom stereocenters. The van der Waals surface area contributed by atoms with Crippen LogP contribution in [0.25, 0.3) is 65.6 Å². The third-order valence-electron chi connectivity index (χ3n) is 11.8. The number of aromatic nitrogens is 1. The Bertz CT molecular complexity index is 2970. The zero-order valence-corrected chi connectivity index (χ0v) is 30.5. The smallest absolute Gasteiger partial charge is 0.333 e. The van der Waals surface area contributed by atoms with Gasteiger partial charge in [-0.2, -0.15) is 0 Å². The van der Waals surface area contributed by atoms with Crippen molar-refractivity contribution >= 4 is 89.4 Å². The van der Waals surface area contributed by atoms with E-state index in [2.05, 4.69) is 178 Å². The number of hydrogen-bond acceptors (Lipinski definition) is 2. The van der Waals surface area contributed by atoms with E-state index in [0.717, 1.165) is 16.6 Å².